The lowest BCUT2D eigenvalue weighted by molar-refractivity contribution is -0.130. The number of aromatic nitrogens is 1. The van der Waals surface area contributed by atoms with E-state index in [1.807, 2.05) is 19.9 Å². The molecule has 1 aromatic rings. The zero-order chi connectivity index (χ0) is 20.5. The fraction of sp³-hybridized carbons (Fsp3) is 0.667. The summed E-state index contributed by atoms with van der Waals surface area (Å²) in [6.07, 6.45) is 8.97. The first-order chi connectivity index (χ1) is 13.4. The molecule has 0 saturated heterocycles. The van der Waals surface area contributed by atoms with E-state index in [1.54, 1.807) is 12.3 Å². The molecule has 2 rings (SSSR count). The van der Waals surface area contributed by atoms with E-state index < -0.39 is 12.1 Å². The summed E-state index contributed by atoms with van der Waals surface area (Å²) in [5.41, 5.74) is 12.5. The quantitative estimate of drug-likeness (QED) is 0.515. The van der Waals surface area contributed by atoms with Gasteiger partial charge in [0.15, 0.2) is 0 Å². The molecule has 0 radical (unpaired) electrons. The zero-order valence-corrected chi connectivity index (χ0v) is 17.1. The molecule has 1 aromatic heterocycles. The summed E-state index contributed by atoms with van der Waals surface area (Å²) in [4.78, 5) is 29.5. The van der Waals surface area contributed by atoms with Crippen molar-refractivity contribution in [2.24, 2.45) is 17.6 Å². The Kier molecular flexibility index (Phi) is 8.70. The van der Waals surface area contributed by atoms with Crippen LogP contribution in [0.1, 0.15) is 64.4 Å². The minimum absolute atomic E-state index is 0.0687. The number of carbonyl (C=O) groups excluding carboxylic acids is 2. The molecule has 28 heavy (non-hydrogen) atoms. The van der Waals surface area contributed by atoms with Crippen LogP contribution in [-0.2, 0) is 16.1 Å². The predicted molar refractivity (Wildman–Crippen MR) is 111 cm³/mol. The Morgan fingerprint density at radius 2 is 1.93 bits per heavy atom. The number of nitrogens with zero attached hydrogens (tertiary/aromatic N) is 1. The molecular formula is C21H35N5O2. The standard InChI is InChI=1S/C21H35N5O2/c1-3-14(2)19(23)21(28)26-17(11-15-7-5-4-6-8-15)20(27)25-13-16-9-10-18(22)24-12-16/h9-10,12,14-15,17,19H,3-8,11,13,23H2,1-2H3,(H2,22,24)(H,25,27)(H,26,28)/t14?,17-,19+/m1/s1. The number of anilines is 1. The van der Waals surface area contributed by atoms with Crippen LogP contribution in [0.4, 0.5) is 5.82 Å². The number of nitrogens with one attached hydrogen (secondary N) is 2. The third kappa shape index (κ3) is 6.78. The predicted octanol–water partition coefficient (Wildman–Crippen LogP) is 2.11. The molecule has 1 fully saturated rings. The molecule has 1 aliphatic rings. The highest BCUT2D eigenvalue weighted by molar-refractivity contribution is 5.89. The van der Waals surface area contributed by atoms with E-state index in [2.05, 4.69) is 15.6 Å². The molecule has 0 aromatic carbocycles. The van der Waals surface area contributed by atoms with Gasteiger partial charge in [-0.1, -0.05) is 58.4 Å². The molecule has 0 bridgehead atoms. The fourth-order valence-corrected chi connectivity index (χ4v) is 3.62. The van der Waals surface area contributed by atoms with Gasteiger partial charge in [-0.15, -0.1) is 0 Å². The molecule has 2 amide bonds. The van der Waals surface area contributed by atoms with Gasteiger partial charge in [-0.2, -0.15) is 0 Å². The highest BCUT2D eigenvalue weighted by Gasteiger charge is 2.28. The molecule has 3 atom stereocenters. The van der Waals surface area contributed by atoms with Gasteiger partial charge in [0.2, 0.25) is 11.8 Å². The van der Waals surface area contributed by atoms with E-state index in [4.69, 9.17) is 11.5 Å². The van der Waals surface area contributed by atoms with Crippen molar-refractivity contribution >= 4 is 17.6 Å². The molecule has 1 heterocycles. The number of hydrogen-bond donors (Lipinski definition) is 4. The summed E-state index contributed by atoms with van der Waals surface area (Å²) >= 11 is 0. The second-order valence-electron chi connectivity index (χ2n) is 8.02. The topological polar surface area (TPSA) is 123 Å². The van der Waals surface area contributed by atoms with Crippen molar-refractivity contribution < 1.29 is 9.59 Å². The van der Waals surface area contributed by atoms with Crippen LogP contribution in [0.3, 0.4) is 0 Å². The van der Waals surface area contributed by atoms with Gasteiger partial charge in [0.1, 0.15) is 11.9 Å². The second-order valence-corrected chi connectivity index (χ2v) is 8.02. The monoisotopic (exact) mass is 389 g/mol. The van der Waals surface area contributed by atoms with Crippen molar-refractivity contribution in [3.63, 3.8) is 0 Å². The number of carbonyl (C=O) groups is 2. The number of nitrogens with two attached hydrogens (primary N) is 2. The van der Waals surface area contributed by atoms with Crippen molar-refractivity contribution in [3.05, 3.63) is 23.9 Å². The first-order valence-electron chi connectivity index (χ1n) is 10.4. The van der Waals surface area contributed by atoms with Crippen molar-refractivity contribution in [3.8, 4) is 0 Å². The van der Waals surface area contributed by atoms with Crippen LogP contribution in [-0.4, -0.2) is 28.9 Å². The molecule has 156 valence electrons. The molecule has 1 saturated carbocycles. The number of rotatable bonds is 9. The van der Waals surface area contributed by atoms with Gasteiger partial charge >= 0.3 is 0 Å². The Hall–Kier alpha value is -2.15. The average molecular weight is 390 g/mol. The van der Waals surface area contributed by atoms with E-state index in [9.17, 15) is 9.59 Å². The van der Waals surface area contributed by atoms with Gasteiger partial charge in [0.05, 0.1) is 6.04 Å². The molecule has 1 aliphatic carbocycles. The van der Waals surface area contributed by atoms with Gasteiger partial charge in [-0.3, -0.25) is 9.59 Å². The maximum absolute atomic E-state index is 12.8. The summed E-state index contributed by atoms with van der Waals surface area (Å²) in [5.74, 6) is 0.546. The van der Waals surface area contributed by atoms with Gasteiger partial charge in [-0.05, 0) is 29.9 Å². The van der Waals surface area contributed by atoms with Gasteiger partial charge < -0.3 is 22.1 Å². The minimum atomic E-state index is -0.604. The Bertz CT molecular complexity index is 628. The Morgan fingerprint density at radius 3 is 2.54 bits per heavy atom. The summed E-state index contributed by atoms with van der Waals surface area (Å²) in [5, 5.41) is 5.83. The van der Waals surface area contributed by atoms with E-state index in [-0.39, 0.29) is 17.7 Å². The Labute approximate surface area is 168 Å². The normalized spacial score (nSPS) is 18.1. The van der Waals surface area contributed by atoms with Crippen LogP contribution in [0, 0.1) is 11.8 Å². The molecule has 1 unspecified atom stereocenters. The summed E-state index contributed by atoms with van der Waals surface area (Å²) in [6.45, 7) is 4.31. The second kappa shape index (κ2) is 11.0. The van der Waals surface area contributed by atoms with E-state index >= 15 is 0 Å². The average Bonchev–Trinajstić information content (AvgIpc) is 2.72. The van der Waals surface area contributed by atoms with Crippen molar-refractivity contribution in [2.45, 2.75) is 77.4 Å². The number of pyridine rings is 1. The van der Waals surface area contributed by atoms with Crippen LogP contribution < -0.4 is 22.1 Å². The minimum Gasteiger partial charge on any atom is -0.384 e. The van der Waals surface area contributed by atoms with Gasteiger partial charge in [0.25, 0.3) is 0 Å². The molecule has 7 heteroatoms. The highest BCUT2D eigenvalue weighted by Crippen LogP contribution is 2.27. The number of hydrogen-bond acceptors (Lipinski definition) is 5. The summed E-state index contributed by atoms with van der Waals surface area (Å²) in [6, 6.07) is 2.37. The largest absolute Gasteiger partial charge is 0.384 e. The first kappa shape index (κ1) is 22.1. The Morgan fingerprint density at radius 1 is 1.21 bits per heavy atom. The van der Waals surface area contributed by atoms with E-state index in [1.165, 1.54) is 19.3 Å². The lowest BCUT2D eigenvalue weighted by Crippen LogP contribution is -2.53. The first-order valence-corrected chi connectivity index (χ1v) is 10.4. The van der Waals surface area contributed by atoms with Crippen LogP contribution in [0.5, 0.6) is 0 Å². The maximum Gasteiger partial charge on any atom is 0.242 e. The summed E-state index contributed by atoms with van der Waals surface area (Å²) in [7, 11) is 0. The lowest BCUT2D eigenvalue weighted by Gasteiger charge is -2.28. The Balaban J connectivity index is 1.99. The molecular weight excluding hydrogens is 354 g/mol. The molecule has 0 spiro atoms. The van der Waals surface area contributed by atoms with Gasteiger partial charge in [0, 0.05) is 12.7 Å². The molecule has 7 nitrogen and oxygen atoms in total. The van der Waals surface area contributed by atoms with E-state index in [0.29, 0.717) is 24.7 Å². The van der Waals surface area contributed by atoms with Crippen molar-refractivity contribution in [1.82, 2.24) is 15.6 Å². The fourth-order valence-electron chi connectivity index (χ4n) is 3.62. The maximum atomic E-state index is 12.8. The SMILES string of the molecule is CCC(C)[C@H](N)C(=O)N[C@H](CC1CCCCC1)C(=O)NCc1ccc(N)nc1. The van der Waals surface area contributed by atoms with Gasteiger partial charge in [-0.25, -0.2) is 4.98 Å². The van der Waals surface area contributed by atoms with Crippen molar-refractivity contribution in [2.75, 3.05) is 5.73 Å². The summed E-state index contributed by atoms with van der Waals surface area (Å²) < 4.78 is 0. The van der Waals surface area contributed by atoms with Crippen LogP contribution in [0.2, 0.25) is 0 Å². The van der Waals surface area contributed by atoms with Crippen LogP contribution in [0.15, 0.2) is 18.3 Å². The third-order valence-corrected chi connectivity index (χ3v) is 5.80. The number of nitrogen functional groups attached to an aromatic ring is 1. The lowest BCUT2D eigenvalue weighted by atomic mass is 9.84. The highest BCUT2D eigenvalue weighted by atomic mass is 16.2. The third-order valence-electron chi connectivity index (χ3n) is 5.80. The van der Waals surface area contributed by atoms with E-state index in [0.717, 1.165) is 24.8 Å². The van der Waals surface area contributed by atoms with Crippen LogP contribution in [0.25, 0.3) is 0 Å². The van der Waals surface area contributed by atoms with Crippen LogP contribution >= 0.6 is 0 Å². The molecule has 6 N–H and O–H groups in total. The molecule has 0 aliphatic heterocycles. The zero-order valence-electron chi connectivity index (χ0n) is 17.1. The van der Waals surface area contributed by atoms with Crippen molar-refractivity contribution in [1.29, 1.82) is 0 Å². The number of amides is 2. The smallest absolute Gasteiger partial charge is 0.242 e.